The van der Waals surface area contributed by atoms with Crippen LogP contribution in [0.2, 0.25) is 0 Å². The van der Waals surface area contributed by atoms with Crippen molar-refractivity contribution in [1.82, 2.24) is 0 Å². The van der Waals surface area contributed by atoms with Crippen molar-refractivity contribution in [2.24, 2.45) is 5.92 Å². The molecule has 0 saturated carbocycles. The van der Waals surface area contributed by atoms with Crippen LogP contribution in [-0.2, 0) is 9.59 Å². The van der Waals surface area contributed by atoms with Crippen LogP contribution in [0, 0.1) is 17.2 Å². The fourth-order valence-electron chi connectivity index (χ4n) is 1.15. The first-order valence-electron chi connectivity index (χ1n) is 5.22. The second kappa shape index (κ2) is 7.77. The summed E-state index contributed by atoms with van der Waals surface area (Å²) in [6, 6.07) is 1.91. The number of carbonyl (C=O) groups is 2. The number of aliphatic hydroxyl groups is 1. The second-order valence-electron chi connectivity index (χ2n) is 3.78. The lowest BCUT2D eigenvalue weighted by Gasteiger charge is -2.06. The van der Waals surface area contributed by atoms with E-state index in [9.17, 15) is 9.59 Å². The van der Waals surface area contributed by atoms with Gasteiger partial charge < -0.3 is 9.90 Å². The number of ketones is 2. The summed E-state index contributed by atoms with van der Waals surface area (Å²) in [5.41, 5.74) is 0.421. The van der Waals surface area contributed by atoms with Gasteiger partial charge in [-0.2, -0.15) is 5.26 Å². The van der Waals surface area contributed by atoms with Gasteiger partial charge in [-0.25, -0.2) is 0 Å². The Morgan fingerprint density at radius 2 is 2.00 bits per heavy atom. The molecule has 0 aromatic carbocycles. The molecule has 1 atom stereocenters. The molecule has 0 aromatic heterocycles. The van der Waals surface area contributed by atoms with Crippen LogP contribution in [0.1, 0.15) is 32.6 Å². The van der Waals surface area contributed by atoms with Gasteiger partial charge in [0.25, 0.3) is 0 Å². The molecule has 0 fully saturated rings. The average Bonchev–Trinajstić information content (AvgIpc) is 2.26. The monoisotopic (exact) mass is 223 g/mol. The molecule has 0 aliphatic heterocycles. The minimum absolute atomic E-state index is 0.0270. The highest BCUT2D eigenvalue weighted by atomic mass is 16.3. The molecule has 0 rings (SSSR count). The van der Waals surface area contributed by atoms with Gasteiger partial charge in [-0.15, -0.1) is 0 Å². The Hall–Kier alpha value is -1.47. The molecule has 1 N–H and O–H groups in total. The Morgan fingerprint density at radius 3 is 2.44 bits per heavy atom. The SMILES string of the molecule is C=C(CCC(C)=O)C(=O)CCC(C#N)CO. The Balaban J connectivity index is 3.93. The minimum atomic E-state index is -0.496. The van der Waals surface area contributed by atoms with E-state index in [-0.39, 0.29) is 24.6 Å². The van der Waals surface area contributed by atoms with Gasteiger partial charge in [-0.1, -0.05) is 6.58 Å². The normalized spacial score (nSPS) is 11.6. The standard InChI is InChI=1S/C12H17NO3/c1-9(3-4-10(2)15)12(16)6-5-11(7-13)8-14/h11,14H,1,3-6,8H2,2H3. The third kappa shape index (κ3) is 6.10. The van der Waals surface area contributed by atoms with Crippen LogP contribution in [0.5, 0.6) is 0 Å². The summed E-state index contributed by atoms with van der Waals surface area (Å²) >= 11 is 0. The van der Waals surface area contributed by atoms with Gasteiger partial charge in [0.05, 0.1) is 18.6 Å². The zero-order chi connectivity index (χ0) is 12.6. The number of nitrogens with zero attached hydrogens (tertiary/aromatic N) is 1. The summed E-state index contributed by atoms with van der Waals surface area (Å²) in [6.45, 7) is 4.84. The molecule has 16 heavy (non-hydrogen) atoms. The zero-order valence-electron chi connectivity index (χ0n) is 9.53. The van der Waals surface area contributed by atoms with E-state index < -0.39 is 5.92 Å². The molecule has 0 aliphatic carbocycles. The predicted molar refractivity (Wildman–Crippen MR) is 59.5 cm³/mol. The summed E-state index contributed by atoms with van der Waals surface area (Å²) in [6.07, 6.45) is 1.25. The van der Waals surface area contributed by atoms with Gasteiger partial charge in [0.1, 0.15) is 5.78 Å². The predicted octanol–water partition coefficient (Wildman–Crippen LogP) is 1.39. The molecule has 0 aromatic rings. The molecule has 0 heterocycles. The van der Waals surface area contributed by atoms with Crippen molar-refractivity contribution in [3.05, 3.63) is 12.2 Å². The number of Topliss-reactive ketones (excluding diaryl/α,β-unsaturated/α-hetero) is 2. The van der Waals surface area contributed by atoms with Crippen molar-refractivity contribution in [2.45, 2.75) is 32.6 Å². The summed E-state index contributed by atoms with van der Waals surface area (Å²) in [7, 11) is 0. The maximum absolute atomic E-state index is 11.5. The lowest BCUT2D eigenvalue weighted by atomic mass is 9.98. The van der Waals surface area contributed by atoms with E-state index in [0.717, 1.165) is 0 Å². The Labute approximate surface area is 95.6 Å². The van der Waals surface area contributed by atoms with E-state index in [4.69, 9.17) is 10.4 Å². The van der Waals surface area contributed by atoms with Crippen LogP contribution in [0.4, 0.5) is 0 Å². The Kier molecular flexibility index (Phi) is 7.06. The van der Waals surface area contributed by atoms with E-state index in [0.29, 0.717) is 24.8 Å². The highest BCUT2D eigenvalue weighted by Gasteiger charge is 2.12. The van der Waals surface area contributed by atoms with E-state index in [1.165, 1.54) is 6.92 Å². The molecule has 1 unspecified atom stereocenters. The third-order valence-electron chi connectivity index (χ3n) is 2.30. The largest absolute Gasteiger partial charge is 0.395 e. The molecule has 88 valence electrons. The Bertz CT molecular complexity index is 315. The number of aliphatic hydroxyl groups excluding tert-OH is 1. The minimum Gasteiger partial charge on any atom is -0.395 e. The molecule has 0 radical (unpaired) electrons. The second-order valence-corrected chi connectivity index (χ2v) is 3.78. The first-order chi connectivity index (χ1) is 7.51. The highest BCUT2D eigenvalue weighted by Crippen LogP contribution is 2.11. The molecule has 0 spiro atoms. The molecule has 0 saturated heterocycles. The van der Waals surface area contributed by atoms with E-state index in [1.807, 2.05) is 6.07 Å². The van der Waals surface area contributed by atoms with Gasteiger partial charge in [-0.05, 0) is 25.3 Å². The first-order valence-corrected chi connectivity index (χ1v) is 5.22. The van der Waals surface area contributed by atoms with E-state index in [1.54, 1.807) is 0 Å². The number of hydrogen-bond donors (Lipinski definition) is 1. The summed E-state index contributed by atoms with van der Waals surface area (Å²) in [4.78, 5) is 22.2. The summed E-state index contributed by atoms with van der Waals surface area (Å²) in [5.74, 6) is -0.598. The number of rotatable bonds is 8. The molecule has 4 nitrogen and oxygen atoms in total. The number of carbonyl (C=O) groups excluding carboxylic acids is 2. The third-order valence-corrected chi connectivity index (χ3v) is 2.30. The van der Waals surface area contributed by atoms with Gasteiger partial charge in [0.2, 0.25) is 0 Å². The zero-order valence-corrected chi connectivity index (χ0v) is 9.53. The maximum Gasteiger partial charge on any atom is 0.158 e. The molecular formula is C12H17NO3. The molecule has 4 heteroatoms. The molecule has 0 aliphatic rings. The quantitative estimate of drug-likeness (QED) is 0.631. The number of allylic oxidation sites excluding steroid dienone is 1. The van der Waals surface area contributed by atoms with Crippen molar-refractivity contribution < 1.29 is 14.7 Å². The van der Waals surface area contributed by atoms with Crippen molar-refractivity contribution in [3.8, 4) is 6.07 Å². The fourth-order valence-corrected chi connectivity index (χ4v) is 1.15. The van der Waals surface area contributed by atoms with Crippen LogP contribution in [-0.4, -0.2) is 23.3 Å². The maximum atomic E-state index is 11.5. The van der Waals surface area contributed by atoms with Gasteiger partial charge in [-0.3, -0.25) is 4.79 Å². The average molecular weight is 223 g/mol. The summed E-state index contributed by atoms with van der Waals surface area (Å²) in [5, 5.41) is 17.3. The number of nitriles is 1. The smallest absolute Gasteiger partial charge is 0.158 e. The van der Waals surface area contributed by atoms with Crippen LogP contribution >= 0.6 is 0 Å². The van der Waals surface area contributed by atoms with Gasteiger partial charge >= 0.3 is 0 Å². The van der Waals surface area contributed by atoms with Crippen molar-refractivity contribution in [3.63, 3.8) is 0 Å². The molecule has 0 amide bonds. The van der Waals surface area contributed by atoms with Crippen LogP contribution in [0.3, 0.4) is 0 Å². The number of hydrogen-bond acceptors (Lipinski definition) is 4. The highest BCUT2D eigenvalue weighted by molar-refractivity contribution is 5.95. The first kappa shape index (κ1) is 14.5. The van der Waals surface area contributed by atoms with Gasteiger partial charge in [0.15, 0.2) is 5.78 Å². The van der Waals surface area contributed by atoms with Crippen LogP contribution < -0.4 is 0 Å². The van der Waals surface area contributed by atoms with Gasteiger partial charge in [0, 0.05) is 12.8 Å². The lowest BCUT2D eigenvalue weighted by molar-refractivity contribution is -0.117. The lowest BCUT2D eigenvalue weighted by Crippen LogP contribution is -2.09. The topological polar surface area (TPSA) is 78.2 Å². The Morgan fingerprint density at radius 1 is 1.38 bits per heavy atom. The summed E-state index contributed by atoms with van der Waals surface area (Å²) < 4.78 is 0. The van der Waals surface area contributed by atoms with E-state index >= 15 is 0 Å². The fraction of sp³-hybridized carbons (Fsp3) is 0.583. The molecule has 0 bridgehead atoms. The molecular weight excluding hydrogens is 206 g/mol. The van der Waals surface area contributed by atoms with Crippen molar-refractivity contribution in [1.29, 1.82) is 5.26 Å². The van der Waals surface area contributed by atoms with Crippen molar-refractivity contribution >= 4 is 11.6 Å². The van der Waals surface area contributed by atoms with Crippen LogP contribution in [0.15, 0.2) is 12.2 Å². The van der Waals surface area contributed by atoms with Crippen LogP contribution in [0.25, 0.3) is 0 Å². The van der Waals surface area contributed by atoms with Crippen molar-refractivity contribution in [2.75, 3.05) is 6.61 Å². The van der Waals surface area contributed by atoms with E-state index in [2.05, 4.69) is 6.58 Å².